The van der Waals surface area contributed by atoms with Crippen molar-refractivity contribution in [1.29, 1.82) is 0 Å². The van der Waals surface area contributed by atoms with Crippen LogP contribution in [0.1, 0.15) is 0 Å². The van der Waals surface area contributed by atoms with Crippen molar-refractivity contribution in [3.05, 3.63) is 24.5 Å². The van der Waals surface area contributed by atoms with Crippen LogP contribution in [0.3, 0.4) is 0 Å². The van der Waals surface area contributed by atoms with E-state index < -0.39 is 0 Å². The molecule has 0 radical (unpaired) electrons. The molecule has 0 saturated heterocycles. The number of hydrogen-bond donors (Lipinski definition) is 2. The normalized spacial score (nSPS) is 5.71. The summed E-state index contributed by atoms with van der Waals surface area (Å²) in [6.07, 6.45) is 4.56. The van der Waals surface area contributed by atoms with E-state index in [9.17, 15) is 0 Å². The van der Waals surface area contributed by atoms with Crippen LogP contribution in [-0.2, 0) is 21.7 Å². The molecule has 4 N–H and O–H groups in total. The maximum absolute atomic E-state index is 2.74. The Hall–Kier alpha value is -0.0457. The summed E-state index contributed by atoms with van der Waals surface area (Å²) in [4.78, 5) is 2.74. The van der Waals surface area contributed by atoms with E-state index in [1.807, 2.05) is 18.3 Å². The van der Waals surface area contributed by atoms with E-state index >= 15 is 0 Å². The van der Waals surface area contributed by atoms with Crippen LogP contribution in [0.25, 0.3) is 0 Å². The van der Waals surface area contributed by atoms with Gasteiger partial charge < -0.3 is 11.1 Å². The predicted molar refractivity (Wildman–Crippen MR) is 24.7 cm³/mol. The summed E-state index contributed by atoms with van der Waals surface area (Å²) in [6, 6.07) is 3.71. The molecule has 38 valence electrons. The number of aromatic nitrogens is 1. The molecule has 0 unspecified atom stereocenters. The Morgan fingerprint density at radius 2 is 2.14 bits per heavy atom. The number of nitrogens with one attached hydrogen (secondary N) is 1. The second kappa shape index (κ2) is 5.95. The van der Waals surface area contributed by atoms with E-state index in [2.05, 4.69) is 11.2 Å². The van der Waals surface area contributed by atoms with E-state index in [-0.39, 0.29) is 27.9 Å². The molecule has 1 aromatic rings. The first-order valence-corrected chi connectivity index (χ1v) is 1.49. The van der Waals surface area contributed by atoms with Gasteiger partial charge in [0.25, 0.3) is 0 Å². The largest absolute Gasteiger partial charge is 0.484 e. The van der Waals surface area contributed by atoms with Crippen molar-refractivity contribution >= 4 is 0 Å². The Labute approximate surface area is 57.8 Å². The number of rotatable bonds is 0. The summed E-state index contributed by atoms with van der Waals surface area (Å²) >= 11 is 0. The average Bonchev–Trinajstić information content (AvgIpc) is 1.76. The first-order chi connectivity index (χ1) is 2.50. The van der Waals surface area contributed by atoms with Gasteiger partial charge in [0.15, 0.2) is 0 Å². The molecule has 3 heteroatoms. The Balaban J connectivity index is 0. The van der Waals surface area contributed by atoms with Crippen LogP contribution in [0.2, 0.25) is 0 Å². The van der Waals surface area contributed by atoms with Crippen LogP contribution in [0.4, 0.5) is 0 Å². The standard InChI is InChI=1S/C4H4N.H3N.Ti/c1-2-4-5-3-1;;/h1-3,5H;1H3;/q-1;;. The van der Waals surface area contributed by atoms with Gasteiger partial charge >= 0.3 is 0 Å². The molecule has 0 saturated carbocycles. The van der Waals surface area contributed by atoms with Crippen LogP contribution in [-0.4, -0.2) is 4.98 Å². The molecule has 1 heterocycles. The van der Waals surface area contributed by atoms with Gasteiger partial charge in [0.1, 0.15) is 0 Å². The molecule has 0 aliphatic heterocycles. The van der Waals surface area contributed by atoms with Crippen molar-refractivity contribution < 1.29 is 21.7 Å². The fourth-order valence-electron chi connectivity index (χ4n) is 0.241. The number of hydrogen-bond acceptors (Lipinski definition) is 1. The van der Waals surface area contributed by atoms with Gasteiger partial charge in [-0.25, -0.2) is 0 Å². The molecule has 0 atom stereocenters. The monoisotopic (exact) mass is 131 g/mol. The first kappa shape index (κ1) is 10.0. The Morgan fingerprint density at radius 1 is 1.43 bits per heavy atom. The van der Waals surface area contributed by atoms with Gasteiger partial charge in [0.2, 0.25) is 0 Å². The maximum Gasteiger partial charge on any atom is 0 e. The van der Waals surface area contributed by atoms with Crippen LogP contribution in [0.15, 0.2) is 18.3 Å². The summed E-state index contributed by atoms with van der Waals surface area (Å²) in [5.41, 5.74) is 0. The summed E-state index contributed by atoms with van der Waals surface area (Å²) in [5, 5.41) is 0. The average molecular weight is 131 g/mol. The molecule has 0 spiro atoms. The Kier molecular flexibility index (Phi) is 8.54. The van der Waals surface area contributed by atoms with Gasteiger partial charge in [-0.2, -0.15) is 18.3 Å². The van der Waals surface area contributed by atoms with Crippen LogP contribution < -0.4 is 6.15 Å². The van der Waals surface area contributed by atoms with Gasteiger partial charge in [-0.3, -0.25) is 0 Å². The third-order valence-electron chi connectivity index (χ3n) is 0.442. The van der Waals surface area contributed by atoms with Crippen molar-refractivity contribution in [1.82, 2.24) is 11.1 Å². The van der Waals surface area contributed by atoms with Crippen molar-refractivity contribution in [3.8, 4) is 0 Å². The zero-order chi connectivity index (χ0) is 3.54. The molecule has 0 aliphatic rings. The molecule has 2 nitrogen and oxygen atoms in total. The van der Waals surface area contributed by atoms with Gasteiger partial charge in [-0.05, 0) is 0 Å². The van der Waals surface area contributed by atoms with Gasteiger partial charge in [-0.15, -0.1) is 6.20 Å². The van der Waals surface area contributed by atoms with Gasteiger partial charge in [0.05, 0.1) is 0 Å². The van der Waals surface area contributed by atoms with Gasteiger partial charge in [0, 0.05) is 21.7 Å². The summed E-state index contributed by atoms with van der Waals surface area (Å²) in [5.74, 6) is 0. The quantitative estimate of drug-likeness (QED) is 0.400. The Bertz CT molecular complexity index is 66.2. The second-order valence-electron chi connectivity index (χ2n) is 0.814. The molecule has 7 heavy (non-hydrogen) atoms. The molecule has 0 bridgehead atoms. The number of H-pyrrole nitrogens is 1. The van der Waals surface area contributed by atoms with Crippen molar-refractivity contribution in [2.24, 2.45) is 0 Å². The molecular formula is C4H7N2Ti-. The summed E-state index contributed by atoms with van der Waals surface area (Å²) in [6.45, 7) is 0. The van der Waals surface area contributed by atoms with E-state index in [1.165, 1.54) is 0 Å². The minimum Gasteiger partial charge on any atom is -0.484 e. The third-order valence-corrected chi connectivity index (χ3v) is 0.442. The second-order valence-corrected chi connectivity index (χ2v) is 0.814. The first-order valence-electron chi connectivity index (χ1n) is 1.49. The van der Waals surface area contributed by atoms with Crippen LogP contribution in [0.5, 0.6) is 0 Å². The SMILES string of the molecule is N.[Ti].[c-]1ccc[nH]1. The zero-order valence-corrected chi connectivity index (χ0v) is 5.50. The molecule has 0 aliphatic carbocycles. The topological polar surface area (TPSA) is 50.8 Å². The molecule has 0 amide bonds. The minimum absolute atomic E-state index is 0. The third kappa shape index (κ3) is 3.79. The van der Waals surface area contributed by atoms with E-state index in [0.29, 0.717) is 0 Å². The van der Waals surface area contributed by atoms with Crippen LogP contribution in [0, 0.1) is 6.20 Å². The molecule has 0 aromatic carbocycles. The number of aromatic amines is 1. The van der Waals surface area contributed by atoms with E-state index in [4.69, 9.17) is 0 Å². The predicted octanol–water partition coefficient (Wildman–Crippen LogP) is 0.974. The fourth-order valence-corrected chi connectivity index (χ4v) is 0.241. The molecular weight excluding hydrogens is 124 g/mol. The minimum atomic E-state index is 0. The van der Waals surface area contributed by atoms with E-state index in [0.717, 1.165) is 0 Å². The maximum atomic E-state index is 2.74. The summed E-state index contributed by atoms with van der Waals surface area (Å²) < 4.78 is 0. The van der Waals surface area contributed by atoms with Crippen molar-refractivity contribution in [2.75, 3.05) is 0 Å². The van der Waals surface area contributed by atoms with Crippen molar-refractivity contribution in [3.63, 3.8) is 0 Å². The molecule has 1 rings (SSSR count). The van der Waals surface area contributed by atoms with E-state index in [1.54, 1.807) is 0 Å². The summed E-state index contributed by atoms with van der Waals surface area (Å²) in [7, 11) is 0. The zero-order valence-electron chi connectivity index (χ0n) is 3.94. The Morgan fingerprint density at radius 3 is 2.29 bits per heavy atom. The van der Waals surface area contributed by atoms with Crippen molar-refractivity contribution in [2.45, 2.75) is 0 Å². The molecule has 0 fully saturated rings. The smallest absolute Gasteiger partial charge is 0 e. The fraction of sp³-hybridized carbons (Fsp3) is 0. The van der Waals surface area contributed by atoms with Crippen LogP contribution >= 0.6 is 0 Å². The van der Waals surface area contributed by atoms with Gasteiger partial charge in [-0.1, -0.05) is 0 Å². The molecule has 1 aromatic heterocycles.